The van der Waals surface area contributed by atoms with Gasteiger partial charge < -0.3 is 0 Å². The molecule has 0 aliphatic rings. The predicted octanol–water partition coefficient (Wildman–Crippen LogP) is 4.01. The maximum atomic E-state index is 2.32. The first-order valence-corrected chi connectivity index (χ1v) is 5.24. The third-order valence-electron chi connectivity index (χ3n) is 2.93. The third kappa shape index (κ3) is 2.33. The molecular formula is C13H20. The van der Waals surface area contributed by atoms with Crippen molar-refractivity contribution in [3.05, 3.63) is 35.4 Å². The first kappa shape index (κ1) is 10.3. The molecule has 0 N–H and O–H groups in total. The van der Waals surface area contributed by atoms with Crippen molar-refractivity contribution in [1.29, 1.82) is 0 Å². The van der Waals surface area contributed by atoms with Crippen molar-refractivity contribution in [2.75, 3.05) is 0 Å². The molecule has 1 atom stereocenters. The van der Waals surface area contributed by atoms with E-state index < -0.39 is 0 Å². The van der Waals surface area contributed by atoms with Gasteiger partial charge in [0.15, 0.2) is 0 Å². The van der Waals surface area contributed by atoms with Gasteiger partial charge in [0, 0.05) is 0 Å². The maximum absolute atomic E-state index is 2.32. The Bertz CT molecular complexity index is 260. The number of aryl methyl sites for hydroxylation is 1. The molecule has 13 heavy (non-hydrogen) atoms. The monoisotopic (exact) mass is 176 g/mol. The molecule has 1 aromatic rings. The lowest BCUT2D eigenvalue weighted by atomic mass is 9.86. The fourth-order valence-corrected chi connectivity index (χ4v) is 1.66. The first-order chi connectivity index (χ1) is 6.16. The second-order valence-electron chi connectivity index (χ2n) is 4.09. The lowest BCUT2D eigenvalue weighted by molar-refractivity contribution is 0.531. The van der Waals surface area contributed by atoms with Crippen LogP contribution in [0.25, 0.3) is 0 Å². The largest absolute Gasteiger partial charge is 0.0622 e. The molecule has 0 saturated carbocycles. The molecule has 0 nitrogen and oxygen atoms in total. The van der Waals surface area contributed by atoms with Crippen LogP contribution in [0, 0.1) is 5.92 Å². The van der Waals surface area contributed by atoms with E-state index in [1.165, 1.54) is 11.1 Å². The van der Waals surface area contributed by atoms with Crippen LogP contribution in [0.3, 0.4) is 0 Å². The molecule has 0 aromatic heterocycles. The predicted molar refractivity (Wildman–Crippen MR) is 59.1 cm³/mol. The van der Waals surface area contributed by atoms with Crippen LogP contribution in [0.15, 0.2) is 24.3 Å². The standard InChI is InChI=1S/C13H20/c1-5-12-8-6-7-9-13(12)11(4)10(2)3/h6-11H,5H2,1-4H3/t11-/m0/s1. The van der Waals surface area contributed by atoms with E-state index in [0.29, 0.717) is 5.92 Å². The molecule has 0 amide bonds. The summed E-state index contributed by atoms with van der Waals surface area (Å²) in [6.45, 7) is 9.12. The van der Waals surface area contributed by atoms with E-state index in [1.807, 2.05) is 0 Å². The van der Waals surface area contributed by atoms with E-state index in [2.05, 4.69) is 52.0 Å². The zero-order valence-corrected chi connectivity index (χ0v) is 9.17. The minimum atomic E-state index is 0.677. The molecule has 0 fully saturated rings. The normalized spacial score (nSPS) is 13.3. The fourth-order valence-electron chi connectivity index (χ4n) is 1.66. The lowest BCUT2D eigenvalue weighted by Gasteiger charge is -2.19. The van der Waals surface area contributed by atoms with Crippen molar-refractivity contribution in [1.82, 2.24) is 0 Å². The van der Waals surface area contributed by atoms with Crippen LogP contribution in [0.1, 0.15) is 44.7 Å². The van der Waals surface area contributed by atoms with Gasteiger partial charge in [0.25, 0.3) is 0 Å². The van der Waals surface area contributed by atoms with Crippen molar-refractivity contribution in [2.24, 2.45) is 5.92 Å². The van der Waals surface area contributed by atoms with Crippen molar-refractivity contribution in [2.45, 2.75) is 40.0 Å². The lowest BCUT2D eigenvalue weighted by Crippen LogP contribution is -2.04. The van der Waals surface area contributed by atoms with Gasteiger partial charge in [-0.2, -0.15) is 0 Å². The molecule has 0 spiro atoms. The number of hydrogen-bond donors (Lipinski definition) is 0. The number of hydrogen-bond acceptors (Lipinski definition) is 0. The van der Waals surface area contributed by atoms with E-state index in [9.17, 15) is 0 Å². The highest BCUT2D eigenvalue weighted by molar-refractivity contribution is 5.30. The molecule has 1 aromatic carbocycles. The summed E-state index contributed by atoms with van der Waals surface area (Å²) in [5.41, 5.74) is 3.03. The van der Waals surface area contributed by atoms with Crippen LogP contribution < -0.4 is 0 Å². The summed E-state index contributed by atoms with van der Waals surface area (Å²) < 4.78 is 0. The van der Waals surface area contributed by atoms with Crippen molar-refractivity contribution >= 4 is 0 Å². The highest BCUT2D eigenvalue weighted by Gasteiger charge is 2.12. The van der Waals surface area contributed by atoms with E-state index in [0.717, 1.165) is 12.3 Å². The van der Waals surface area contributed by atoms with Crippen LogP contribution in [-0.4, -0.2) is 0 Å². The van der Waals surface area contributed by atoms with E-state index in [4.69, 9.17) is 0 Å². The number of benzene rings is 1. The van der Waals surface area contributed by atoms with Gasteiger partial charge in [-0.25, -0.2) is 0 Å². The third-order valence-corrected chi connectivity index (χ3v) is 2.93. The highest BCUT2D eigenvalue weighted by atomic mass is 14.2. The van der Waals surface area contributed by atoms with Crippen LogP contribution in [0.4, 0.5) is 0 Å². The van der Waals surface area contributed by atoms with Crippen molar-refractivity contribution in [3.63, 3.8) is 0 Å². The van der Waals surface area contributed by atoms with Gasteiger partial charge in [-0.05, 0) is 29.4 Å². The van der Waals surface area contributed by atoms with Crippen molar-refractivity contribution < 1.29 is 0 Å². The summed E-state index contributed by atoms with van der Waals surface area (Å²) in [5, 5.41) is 0. The summed E-state index contributed by atoms with van der Waals surface area (Å²) in [5.74, 6) is 1.41. The smallest absolute Gasteiger partial charge is 0.0165 e. The number of rotatable bonds is 3. The Balaban J connectivity index is 2.98. The first-order valence-electron chi connectivity index (χ1n) is 5.24. The molecule has 1 rings (SSSR count). The molecule has 0 bridgehead atoms. The van der Waals surface area contributed by atoms with Crippen LogP contribution in [0.5, 0.6) is 0 Å². The van der Waals surface area contributed by atoms with Gasteiger partial charge in [0.2, 0.25) is 0 Å². The van der Waals surface area contributed by atoms with Crippen LogP contribution in [0.2, 0.25) is 0 Å². The SMILES string of the molecule is CCc1ccccc1[C@@H](C)C(C)C. The second-order valence-corrected chi connectivity index (χ2v) is 4.09. The van der Waals surface area contributed by atoms with Gasteiger partial charge in [-0.3, -0.25) is 0 Å². The van der Waals surface area contributed by atoms with Gasteiger partial charge >= 0.3 is 0 Å². The summed E-state index contributed by atoms with van der Waals surface area (Å²) >= 11 is 0. The Morgan fingerprint density at radius 3 is 2.23 bits per heavy atom. The van der Waals surface area contributed by atoms with Crippen molar-refractivity contribution in [3.8, 4) is 0 Å². The van der Waals surface area contributed by atoms with Crippen LogP contribution >= 0.6 is 0 Å². The van der Waals surface area contributed by atoms with Crippen LogP contribution in [-0.2, 0) is 6.42 Å². The molecule has 0 aliphatic carbocycles. The van der Waals surface area contributed by atoms with E-state index in [1.54, 1.807) is 0 Å². The maximum Gasteiger partial charge on any atom is -0.0165 e. The van der Waals surface area contributed by atoms with Gasteiger partial charge in [-0.15, -0.1) is 0 Å². The van der Waals surface area contributed by atoms with Gasteiger partial charge in [0.05, 0.1) is 0 Å². The average molecular weight is 176 g/mol. The molecule has 0 radical (unpaired) electrons. The Labute approximate surface area is 82.0 Å². The van der Waals surface area contributed by atoms with E-state index in [-0.39, 0.29) is 0 Å². The highest BCUT2D eigenvalue weighted by Crippen LogP contribution is 2.26. The Morgan fingerprint density at radius 2 is 1.69 bits per heavy atom. The molecule has 0 heterocycles. The molecule has 0 aliphatic heterocycles. The fraction of sp³-hybridized carbons (Fsp3) is 0.538. The molecule has 0 saturated heterocycles. The topological polar surface area (TPSA) is 0 Å². The summed E-state index contributed by atoms with van der Waals surface area (Å²) in [7, 11) is 0. The molecule has 0 heteroatoms. The van der Waals surface area contributed by atoms with E-state index >= 15 is 0 Å². The zero-order chi connectivity index (χ0) is 9.84. The molecule has 0 unspecified atom stereocenters. The summed E-state index contributed by atoms with van der Waals surface area (Å²) in [6.07, 6.45) is 1.15. The minimum absolute atomic E-state index is 0.677. The zero-order valence-electron chi connectivity index (χ0n) is 9.17. The van der Waals surface area contributed by atoms with Gasteiger partial charge in [0.1, 0.15) is 0 Å². The summed E-state index contributed by atoms with van der Waals surface area (Å²) in [4.78, 5) is 0. The summed E-state index contributed by atoms with van der Waals surface area (Å²) in [6, 6.07) is 8.79. The second kappa shape index (κ2) is 4.45. The average Bonchev–Trinajstić information content (AvgIpc) is 2.16. The van der Waals surface area contributed by atoms with Gasteiger partial charge in [-0.1, -0.05) is 52.0 Å². The Morgan fingerprint density at radius 1 is 1.08 bits per heavy atom. The Kier molecular flexibility index (Phi) is 3.53. The minimum Gasteiger partial charge on any atom is -0.0622 e. The Hall–Kier alpha value is -0.780. The molecular weight excluding hydrogens is 156 g/mol. The quantitative estimate of drug-likeness (QED) is 0.652. The molecule has 72 valence electrons.